The third-order valence-corrected chi connectivity index (χ3v) is 5.97. The second-order valence-electron chi connectivity index (χ2n) is 8.62. The van der Waals surface area contributed by atoms with Gasteiger partial charge in [0.05, 0.1) is 6.61 Å². The average Bonchev–Trinajstić information content (AvgIpc) is 2.85. The van der Waals surface area contributed by atoms with Gasteiger partial charge in [0.15, 0.2) is 0 Å². The fraction of sp³-hybridized carbons (Fsp3) is 0.345. The summed E-state index contributed by atoms with van der Waals surface area (Å²) in [5.41, 5.74) is 2.64. The minimum atomic E-state index is -1.24. The molecule has 0 heterocycles. The quantitative estimate of drug-likeness (QED) is 0.174. The Balaban J connectivity index is 1.21. The number of carboxylic acids is 1. The van der Waals surface area contributed by atoms with Gasteiger partial charge in [-0.05, 0) is 60.2 Å². The largest absolute Gasteiger partial charge is 0.508 e. The number of hydrogen-bond acceptors (Lipinski definition) is 4. The number of hydrogen-bond donors (Lipinski definition) is 3. The van der Waals surface area contributed by atoms with Gasteiger partial charge in [-0.3, -0.25) is 0 Å². The zero-order chi connectivity index (χ0) is 24.2. The Morgan fingerprint density at radius 3 is 1.94 bits per heavy atom. The van der Waals surface area contributed by atoms with Crippen LogP contribution in [0.2, 0.25) is 0 Å². The first-order valence-corrected chi connectivity index (χ1v) is 12.1. The van der Waals surface area contributed by atoms with Gasteiger partial charge in [-0.25, -0.2) is 4.79 Å². The summed E-state index contributed by atoms with van der Waals surface area (Å²) in [5.74, 6) is -0.688. The molecule has 3 N–H and O–H groups in total. The summed E-state index contributed by atoms with van der Waals surface area (Å²) in [6.07, 6.45) is 9.26. The van der Waals surface area contributed by atoms with Gasteiger partial charge in [-0.2, -0.15) is 0 Å². The first-order chi connectivity index (χ1) is 16.5. The monoisotopic (exact) mass is 462 g/mol. The van der Waals surface area contributed by atoms with E-state index in [9.17, 15) is 15.0 Å². The Morgan fingerprint density at radius 1 is 0.706 bits per heavy atom. The molecule has 0 atom stereocenters. The molecule has 0 bridgehead atoms. The van der Waals surface area contributed by atoms with Crippen molar-refractivity contribution in [2.75, 3.05) is 6.61 Å². The van der Waals surface area contributed by atoms with Crippen molar-refractivity contribution in [3.8, 4) is 28.4 Å². The van der Waals surface area contributed by atoms with Crippen LogP contribution in [0.3, 0.4) is 0 Å². The van der Waals surface area contributed by atoms with Gasteiger partial charge in [-0.1, -0.05) is 81.0 Å². The van der Waals surface area contributed by atoms with E-state index in [0.29, 0.717) is 12.0 Å². The molecule has 0 saturated heterocycles. The van der Waals surface area contributed by atoms with E-state index in [2.05, 4.69) is 24.3 Å². The van der Waals surface area contributed by atoms with Crippen LogP contribution in [-0.2, 0) is 6.42 Å². The van der Waals surface area contributed by atoms with E-state index in [1.807, 2.05) is 30.3 Å². The maximum Gasteiger partial charge on any atom is 0.339 e. The van der Waals surface area contributed by atoms with Crippen molar-refractivity contribution >= 4 is 5.97 Å². The third-order valence-electron chi connectivity index (χ3n) is 5.97. The Labute approximate surface area is 201 Å². The van der Waals surface area contributed by atoms with Gasteiger partial charge in [0, 0.05) is 0 Å². The van der Waals surface area contributed by atoms with E-state index < -0.39 is 5.97 Å². The normalized spacial score (nSPS) is 10.8. The number of unbranched alkanes of at least 4 members (excludes halogenated alkanes) is 7. The number of rotatable bonds is 14. The van der Waals surface area contributed by atoms with Gasteiger partial charge >= 0.3 is 5.97 Å². The summed E-state index contributed by atoms with van der Waals surface area (Å²) >= 11 is 0. The smallest absolute Gasteiger partial charge is 0.339 e. The number of aromatic carboxylic acids is 1. The second-order valence-corrected chi connectivity index (χ2v) is 8.62. The average molecular weight is 463 g/mol. The predicted octanol–water partition coefficient (Wildman–Crippen LogP) is 7.21. The van der Waals surface area contributed by atoms with E-state index in [0.717, 1.165) is 56.9 Å². The SMILES string of the molecule is O=C(O)c1cc(O)cc(CCCCCCCCCCOc2ccc(-c3ccccc3)cc2)c1O. The Bertz CT molecular complexity index is 1030. The first-order valence-electron chi connectivity index (χ1n) is 12.1. The van der Waals surface area contributed by atoms with Gasteiger partial charge in [0.25, 0.3) is 0 Å². The molecular weight excluding hydrogens is 428 g/mol. The molecule has 0 saturated carbocycles. The Kier molecular flexibility index (Phi) is 9.83. The van der Waals surface area contributed by atoms with E-state index >= 15 is 0 Å². The molecule has 0 unspecified atom stereocenters. The molecule has 0 aliphatic heterocycles. The summed E-state index contributed by atoms with van der Waals surface area (Å²) in [6.45, 7) is 0.733. The number of aryl methyl sites for hydroxylation is 1. The summed E-state index contributed by atoms with van der Waals surface area (Å²) in [5, 5.41) is 28.8. The molecule has 5 heteroatoms. The topological polar surface area (TPSA) is 87.0 Å². The molecule has 3 aromatic rings. The fourth-order valence-corrected chi connectivity index (χ4v) is 4.07. The lowest BCUT2D eigenvalue weighted by molar-refractivity contribution is 0.0693. The van der Waals surface area contributed by atoms with Crippen molar-refractivity contribution in [2.24, 2.45) is 0 Å². The number of carboxylic acid groups (broad SMARTS) is 1. The first kappa shape index (κ1) is 25.2. The van der Waals surface area contributed by atoms with Crippen molar-refractivity contribution in [2.45, 2.75) is 57.8 Å². The molecule has 0 radical (unpaired) electrons. The molecular formula is C29H34O5. The molecule has 0 amide bonds. The van der Waals surface area contributed by atoms with E-state index in [4.69, 9.17) is 9.84 Å². The van der Waals surface area contributed by atoms with Crippen LogP contribution in [0.15, 0.2) is 66.7 Å². The van der Waals surface area contributed by atoms with Crippen LogP contribution in [0.4, 0.5) is 0 Å². The molecule has 0 aliphatic carbocycles. The lowest BCUT2D eigenvalue weighted by Crippen LogP contribution is -1.99. The van der Waals surface area contributed by atoms with Crippen LogP contribution in [0, 0.1) is 0 Å². The highest BCUT2D eigenvalue weighted by Crippen LogP contribution is 2.29. The number of ether oxygens (including phenoxy) is 1. The van der Waals surface area contributed by atoms with Crippen LogP contribution >= 0.6 is 0 Å². The van der Waals surface area contributed by atoms with Crippen molar-refractivity contribution < 1.29 is 24.9 Å². The minimum absolute atomic E-state index is 0.127. The number of aromatic hydroxyl groups is 2. The molecule has 3 rings (SSSR count). The van der Waals surface area contributed by atoms with Gasteiger partial charge in [0.2, 0.25) is 0 Å². The molecule has 0 aromatic heterocycles. The van der Waals surface area contributed by atoms with Crippen LogP contribution in [0.25, 0.3) is 11.1 Å². The van der Waals surface area contributed by atoms with Gasteiger partial charge in [-0.15, -0.1) is 0 Å². The van der Waals surface area contributed by atoms with E-state index in [1.165, 1.54) is 30.0 Å². The summed E-state index contributed by atoms with van der Waals surface area (Å²) in [4.78, 5) is 11.1. The zero-order valence-corrected chi connectivity index (χ0v) is 19.6. The lowest BCUT2D eigenvalue weighted by atomic mass is 10.0. The van der Waals surface area contributed by atoms with Gasteiger partial charge in [0.1, 0.15) is 22.8 Å². The highest BCUT2D eigenvalue weighted by Gasteiger charge is 2.15. The maximum absolute atomic E-state index is 11.1. The van der Waals surface area contributed by atoms with E-state index in [1.54, 1.807) is 0 Å². The van der Waals surface area contributed by atoms with Crippen LogP contribution < -0.4 is 4.74 Å². The summed E-state index contributed by atoms with van der Waals surface area (Å²) in [7, 11) is 0. The minimum Gasteiger partial charge on any atom is -0.508 e. The number of phenols is 2. The predicted molar refractivity (Wildman–Crippen MR) is 135 cm³/mol. The molecule has 180 valence electrons. The Hall–Kier alpha value is -3.47. The lowest BCUT2D eigenvalue weighted by Gasteiger charge is -2.09. The Morgan fingerprint density at radius 2 is 1.29 bits per heavy atom. The molecule has 34 heavy (non-hydrogen) atoms. The zero-order valence-electron chi connectivity index (χ0n) is 19.6. The van der Waals surface area contributed by atoms with Crippen LogP contribution in [0.1, 0.15) is 67.3 Å². The molecule has 5 nitrogen and oxygen atoms in total. The standard InChI is InChI=1S/C29H34O5/c30-25-20-24(28(31)27(21-25)29(32)33)14-8-5-3-1-2-4-6-11-19-34-26-17-15-23(16-18-26)22-12-9-7-10-13-22/h7,9-10,12-13,15-18,20-21,30-31H,1-6,8,11,14,19H2,(H,32,33). The molecule has 0 aliphatic rings. The van der Waals surface area contributed by atoms with Crippen molar-refractivity contribution in [3.05, 3.63) is 77.9 Å². The molecule has 3 aromatic carbocycles. The van der Waals surface area contributed by atoms with Gasteiger partial charge < -0.3 is 20.1 Å². The van der Waals surface area contributed by atoms with Crippen molar-refractivity contribution in [1.29, 1.82) is 0 Å². The van der Waals surface area contributed by atoms with E-state index in [-0.39, 0.29) is 17.1 Å². The number of benzene rings is 3. The number of carbonyl (C=O) groups is 1. The highest BCUT2D eigenvalue weighted by molar-refractivity contribution is 5.91. The molecule has 0 fully saturated rings. The summed E-state index contributed by atoms with van der Waals surface area (Å²) in [6, 6.07) is 21.1. The maximum atomic E-state index is 11.1. The van der Waals surface area contributed by atoms with Crippen LogP contribution in [0.5, 0.6) is 17.2 Å². The fourth-order valence-electron chi connectivity index (χ4n) is 4.07. The third kappa shape index (κ3) is 7.84. The van der Waals surface area contributed by atoms with Crippen LogP contribution in [-0.4, -0.2) is 27.9 Å². The summed E-state index contributed by atoms with van der Waals surface area (Å²) < 4.78 is 5.86. The molecule has 0 spiro atoms. The second kappa shape index (κ2) is 13.3. The van der Waals surface area contributed by atoms with Crippen molar-refractivity contribution in [3.63, 3.8) is 0 Å². The highest BCUT2D eigenvalue weighted by atomic mass is 16.5. The number of phenolic OH excluding ortho intramolecular Hbond substituents is 1. The van der Waals surface area contributed by atoms with Crippen molar-refractivity contribution in [1.82, 2.24) is 0 Å².